The van der Waals surface area contributed by atoms with Crippen molar-refractivity contribution in [1.82, 2.24) is 0 Å². The first kappa shape index (κ1) is 14.4. The summed E-state index contributed by atoms with van der Waals surface area (Å²) in [5.74, 6) is 0.959. The molecule has 4 nitrogen and oxygen atoms in total. The first-order valence-electron chi connectivity index (χ1n) is 7.06. The van der Waals surface area contributed by atoms with Gasteiger partial charge in [0.25, 0.3) is 0 Å². The van der Waals surface area contributed by atoms with Crippen molar-refractivity contribution in [1.29, 1.82) is 5.26 Å². The summed E-state index contributed by atoms with van der Waals surface area (Å²) in [5, 5.41) is 9.28. The van der Waals surface area contributed by atoms with Gasteiger partial charge in [0.05, 0.1) is 24.9 Å². The Morgan fingerprint density at radius 1 is 1.23 bits per heavy atom. The van der Waals surface area contributed by atoms with Crippen molar-refractivity contribution in [2.24, 2.45) is 0 Å². The fraction of sp³-hybridized carbons (Fsp3) is 0.235. The van der Waals surface area contributed by atoms with Crippen LogP contribution in [0.3, 0.4) is 0 Å². The Bertz CT molecular complexity index is 724. The Morgan fingerprint density at radius 2 is 2.05 bits per heavy atom. The molecule has 2 heterocycles. The van der Waals surface area contributed by atoms with Crippen molar-refractivity contribution in [3.63, 3.8) is 0 Å². The Hall–Kier alpha value is -2.58. The Morgan fingerprint density at radius 3 is 2.77 bits per heavy atom. The van der Waals surface area contributed by atoms with Gasteiger partial charge in [-0.1, -0.05) is 12.1 Å². The lowest BCUT2D eigenvalue weighted by Gasteiger charge is -2.26. The van der Waals surface area contributed by atoms with E-state index < -0.39 is 0 Å². The molecule has 1 aliphatic heterocycles. The SMILES string of the molecule is N#C/C(=C/c1ccc(N2CCOCC2)o1)c1cccc(F)c1. The zero-order valence-electron chi connectivity index (χ0n) is 12.0. The van der Waals surface area contributed by atoms with Gasteiger partial charge in [0, 0.05) is 19.2 Å². The fourth-order valence-electron chi connectivity index (χ4n) is 2.35. The Balaban J connectivity index is 1.84. The van der Waals surface area contributed by atoms with Crippen LogP contribution in [0.5, 0.6) is 0 Å². The number of allylic oxidation sites excluding steroid dienone is 1. The Kier molecular flexibility index (Phi) is 4.22. The van der Waals surface area contributed by atoms with Gasteiger partial charge in [-0.3, -0.25) is 0 Å². The maximum absolute atomic E-state index is 13.3. The van der Waals surface area contributed by atoms with Crippen LogP contribution in [0.4, 0.5) is 10.3 Å². The van der Waals surface area contributed by atoms with Gasteiger partial charge in [-0.05, 0) is 29.8 Å². The average molecular weight is 298 g/mol. The normalized spacial score (nSPS) is 15.6. The van der Waals surface area contributed by atoms with Crippen molar-refractivity contribution in [2.75, 3.05) is 31.2 Å². The van der Waals surface area contributed by atoms with E-state index in [1.165, 1.54) is 12.1 Å². The number of nitriles is 1. The summed E-state index contributed by atoms with van der Waals surface area (Å²) in [4.78, 5) is 2.09. The highest BCUT2D eigenvalue weighted by Gasteiger charge is 2.14. The lowest BCUT2D eigenvalue weighted by Crippen LogP contribution is -2.35. The summed E-state index contributed by atoms with van der Waals surface area (Å²) in [6.07, 6.45) is 1.62. The third-order valence-electron chi connectivity index (χ3n) is 3.48. The first-order chi connectivity index (χ1) is 10.8. The second kappa shape index (κ2) is 6.46. The molecule has 0 amide bonds. The van der Waals surface area contributed by atoms with Gasteiger partial charge in [0.1, 0.15) is 11.6 Å². The van der Waals surface area contributed by atoms with Gasteiger partial charge in [-0.15, -0.1) is 0 Å². The molecule has 0 atom stereocenters. The molecule has 22 heavy (non-hydrogen) atoms. The first-order valence-corrected chi connectivity index (χ1v) is 7.06. The largest absolute Gasteiger partial charge is 0.441 e. The molecule has 0 spiro atoms. The van der Waals surface area contributed by atoms with E-state index in [1.807, 2.05) is 6.07 Å². The number of nitrogens with zero attached hydrogens (tertiary/aromatic N) is 2. The van der Waals surface area contributed by atoms with Gasteiger partial charge >= 0.3 is 0 Å². The highest BCUT2D eigenvalue weighted by Crippen LogP contribution is 2.24. The predicted octanol–water partition coefficient (Wildman–Crippen LogP) is 3.32. The van der Waals surface area contributed by atoms with Crippen LogP contribution in [0.25, 0.3) is 11.6 Å². The molecule has 1 aromatic heterocycles. The maximum Gasteiger partial charge on any atom is 0.196 e. The minimum atomic E-state index is -0.368. The van der Waals surface area contributed by atoms with Gasteiger partial charge in [0.15, 0.2) is 5.88 Å². The van der Waals surface area contributed by atoms with E-state index in [1.54, 1.807) is 24.3 Å². The molecule has 0 unspecified atom stereocenters. The van der Waals surface area contributed by atoms with Crippen molar-refractivity contribution in [3.8, 4) is 6.07 Å². The van der Waals surface area contributed by atoms with Crippen LogP contribution in [0.1, 0.15) is 11.3 Å². The van der Waals surface area contributed by atoms with Crippen molar-refractivity contribution < 1.29 is 13.5 Å². The second-order valence-electron chi connectivity index (χ2n) is 4.96. The minimum absolute atomic E-state index is 0.363. The molecule has 112 valence electrons. The number of hydrogen-bond acceptors (Lipinski definition) is 4. The third kappa shape index (κ3) is 3.18. The minimum Gasteiger partial charge on any atom is -0.441 e. The number of hydrogen-bond donors (Lipinski definition) is 0. The number of rotatable bonds is 3. The monoisotopic (exact) mass is 298 g/mol. The van der Waals surface area contributed by atoms with Crippen LogP contribution in [0.15, 0.2) is 40.8 Å². The van der Waals surface area contributed by atoms with Crippen molar-refractivity contribution in [2.45, 2.75) is 0 Å². The molecule has 2 aromatic rings. The van der Waals surface area contributed by atoms with Crippen LogP contribution in [0.2, 0.25) is 0 Å². The van der Waals surface area contributed by atoms with E-state index in [4.69, 9.17) is 9.15 Å². The summed E-state index contributed by atoms with van der Waals surface area (Å²) < 4.78 is 24.3. The van der Waals surface area contributed by atoms with Crippen LogP contribution in [0, 0.1) is 17.1 Å². The smallest absolute Gasteiger partial charge is 0.196 e. The van der Waals surface area contributed by atoms with E-state index in [-0.39, 0.29) is 5.82 Å². The zero-order chi connectivity index (χ0) is 15.4. The molecule has 0 N–H and O–H groups in total. The molecule has 0 bridgehead atoms. The second-order valence-corrected chi connectivity index (χ2v) is 4.96. The predicted molar refractivity (Wildman–Crippen MR) is 81.6 cm³/mol. The van der Waals surface area contributed by atoms with E-state index in [0.717, 1.165) is 19.0 Å². The van der Waals surface area contributed by atoms with E-state index in [0.29, 0.717) is 30.1 Å². The highest BCUT2D eigenvalue weighted by atomic mass is 19.1. The van der Waals surface area contributed by atoms with Crippen molar-refractivity contribution >= 4 is 17.5 Å². The van der Waals surface area contributed by atoms with Crippen molar-refractivity contribution in [3.05, 3.63) is 53.5 Å². The van der Waals surface area contributed by atoms with Crippen LogP contribution in [-0.2, 0) is 4.74 Å². The highest BCUT2D eigenvalue weighted by molar-refractivity contribution is 5.88. The molecule has 0 saturated carbocycles. The molecule has 5 heteroatoms. The van der Waals surface area contributed by atoms with E-state index >= 15 is 0 Å². The number of anilines is 1. The summed E-state index contributed by atoms with van der Waals surface area (Å²) in [6.45, 7) is 2.93. The molecule has 0 aliphatic carbocycles. The summed E-state index contributed by atoms with van der Waals surface area (Å²) in [7, 11) is 0. The number of halogens is 1. The molecular formula is C17H15FN2O2. The van der Waals surface area contributed by atoms with E-state index in [9.17, 15) is 9.65 Å². The van der Waals surface area contributed by atoms with Gasteiger partial charge < -0.3 is 14.1 Å². The van der Waals surface area contributed by atoms with Crippen LogP contribution in [-0.4, -0.2) is 26.3 Å². The number of morpholine rings is 1. The van der Waals surface area contributed by atoms with Gasteiger partial charge in [0.2, 0.25) is 0 Å². The van der Waals surface area contributed by atoms with Crippen LogP contribution >= 0.6 is 0 Å². The standard InChI is InChI=1S/C17H15FN2O2/c18-15-3-1-2-13(10-15)14(12-19)11-16-4-5-17(22-16)20-6-8-21-9-7-20/h1-5,10-11H,6-9H2/b14-11-. The van der Waals surface area contributed by atoms with Crippen LogP contribution < -0.4 is 4.90 Å². The average Bonchev–Trinajstić information content (AvgIpc) is 3.02. The lowest BCUT2D eigenvalue weighted by atomic mass is 10.1. The quantitative estimate of drug-likeness (QED) is 0.816. The molecule has 1 saturated heterocycles. The summed E-state index contributed by atoms with van der Waals surface area (Å²) in [6, 6.07) is 11.7. The number of benzene rings is 1. The third-order valence-corrected chi connectivity index (χ3v) is 3.48. The molecule has 1 fully saturated rings. The molecular weight excluding hydrogens is 283 g/mol. The molecule has 1 aromatic carbocycles. The molecule has 0 radical (unpaired) electrons. The molecule has 1 aliphatic rings. The summed E-state index contributed by atoms with van der Waals surface area (Å²) >= 11 is 0. The van der Waals surface area contributed by atoms with Gasteiger partial charge in [-0.2, -0.15) is 5.26 Å². The summed E-state index contributed by atoms with van der Waals surface area (Å²) in [5.41, 5.74) is 0.897. The zero-order valence-corrected chi connectivity index (χ0v) is 12.0. The van der Waals surface area contributed by atoms with Gasteiger partial charge in [-0.25, -0.2) is 4.39 Å². The number of furan rings is 1. The fourth-order valence-corrected chi connectivity index (χ4v) is 2.35. The van der Waals surface area contributed by atoms with E-state index in [2.05, 4.69) is 11.0 Å². The number of ether oxygens (including phenoxy) is 1. The molecule has 3 rings (SSSR count). The lowest BCUT2D eigenvalue weighted by molar-refractivity contribution is 0.120. The topological polar surface area (TPSA) is 49.4 Å². The Labute approximate surface area is 128 Å². The maximum atomic E-state index is 13.3.